The molecule has 0 aromatic heterocycles. The van der Waals surface area contributed by atoms with Gasteiger partial charge in [0, 0.05) is 12.8 Å². The lowest BCUT2D eigenvalue weighted by Gasteiger charge is -2.20. The van der Waals surface area contributed by atoms with Gasteiger partial charge in [0.05, 0.1) is 13.2 Å². The summed E-state index contributed by atoms with van der Waals surface area (Å²) in [5.74, 6) is -2.40. The number of rotatable bonds is 46. The average molecular weight is 860 g/mol. The quantitative estimate of drug-likeness (QED) is 0.0230. The van der Waals surface area contributed by atoms with Gasteiger partial charge < -0.3 is 25.2 Å². The van der Waals surface area contributed by atoms with E-state index in [0.29, 0.717) is 19.3 Å². The number of carboxylic acid groups (broad SMARTS) is 1. The molecule has 0 amide bonds. The molecule has 12 heteroatoms. The molecule has 0 aromatic carbocycles. The number of esters is 2. The third-order valence-corrected chi connectivity index (χ3v) is 11.7. The van der Waals surface area contributed by atoms with E-state index in [1.807, 2.05) is 0 Å². The fourth-order valence-electron chi connectivity index (χ4n) is 6.95. The standard InChI is InChI=1S/C47H90NO10P/c1-3-5-7-9-11-13-15-17-18-19-20-21-22-23-24-25-26-27-29-31-33-35-37-39-46(50)58-43(41-56-59(53,54)57-42-44(48)47(51)52)40-55-45(49)38-36-34-32-30-28-16-14-12-10-8-6-4-2/h31,33,43-44H,3-30,32,34-42,48H2,1-2H3,(H,51,52)(H,53,54)/b33-31+/t43-,44-/m0/s1. The van der Waals surface area contributed by atoms with E-state index >= 15 is 0 Å². The van der Waals surface area contributed by atoms with E-state index < -0.39 is 51.1 Å². The van der Waals surface area contributed by atoms with Crippen LogP contribution < -0.4 is 5.73 Å². The number of hydrogen-bond donors (Lipinski definition) is 3. The molecule has 11 nitrogen and oxygen atoms in total. The van der Waals surface area contributed by atoms with Gasteiger partial charge in [-0.05, 0) is 32.1 Å². The normalized spacial score (nSPS) is 13.7. The van der Waals surface area contributed by atoms with E-state index in [1.165, 1.54) is 161 Å². The summed E-state index contributed by atoms with van der Waals surface area (Å²) in [7, 11) is -4.72. The Morgan fingerprint density at radius 1 is 0.508 bits per heavy atom. The van der Waals surface area contributed by atoms with Crippen LogP contribution in [0.3, 0.4) is 0 Å². The van der Waals surface area contributed by atoms with Crippen molar-refractivity contribution in [2.45, 2.75) is 251 Å². The van der Waals surface area contributed by atoms with E-state index in [0.717, 1.165) is 32.1 Å². The molecule has 1 unspecified atom stereocenters. The minimum Gasteiger partial charge on any atom is -0.480 e. The van der Waals surface area contributed by atoms with Crippen LogP contribution in [0.2, 0.25) is 0 Å². The molecule has 0 aliphatic heterocycles. The topological polar surface area (TPSA) is 172 Å². The number of nitrogens with two attached hydrogens (primary N) is 1. The summed E-state index contributed by atoms with van der Waals surface area (Å²) < 4.78 is 32.7. The maximum atomic E-state index is 12.6. The first-order valence-electron chi connectivity index (χ1n) is 24.2. The predicted molar refractivity (Wildman–Crippen MR) is 240 cm³/mol. The minimum absolute atomic E-state index is 0.119. The Labute approximate surface area is 360 Å². The number of unbranched alkanes of at least 4 members (excludes halogenated alkanes) is 30. The van der Waals surface area contributed by atoms with Crippen molar-refractivity contribution >= 4 is 25.7 Å². The molecule has 59 heavy (non-hydrogen) atoms. The third kappa shape index (κ3) is 42.7. The van der Waals surface area contributed by atoms with Crippen LogP contribution in [-0.2, 0) is 37.5 Å². The van der Waals surface area contributed by atoms with Gasteiger partial charge in [0.2, 0.25) is 0 Å². The van der Waals surface area contributed by atoms with Crippen LogP contribution in [0.25, 0.3) is 0 Å². The maximum Gasteiger partial charge on any atom is 0.472 e. The molecule has 0 rings (SSSR count). The smallest absolute Gasteiger partial charge is 0.472 e. The molecule has 4 N–H and O–H groups in total. The Bertz CT molecular complexity index is 1060. The molecule has 0 heterocycles. The summed E-state index contributed by atoms with van der Waals surface area (Å²) in [5, 5.41) is 8.90. The molecule has 0 aliphatic carbocycles. The molecule has 0 saturated carbocycles. The number of hydrogen-bond acceptors (Lipinski definition) is 9. The molecule has 0 bridgehead atoms. The number of carbonyl (C=O) groups excluding carboxylic acids is 2. The molecule has 0 aliphatic rings. The van der Waals surface area contributed by atoms with Crippen LogP contribution in [-0.4, -0.2) is 59.9 Å². The lowest BCUT2D eigenvalue weighted by Crippen LogP contribution is -2.34. The summed E-state index contributed by atoms with van der Waals surface area (Å²) in [5.41, 5.74) is 5.34. The number of phosphoric ester groups is 1. The van der Waals surface area contributed by atoms with Crippen LogP contribution in [0.15, 0.2) is 12.2 Å². The van der Waals surface area contributed by atoms with Crippen molar-refractivity contribution in [2.24, 2.45) is 5.73 Å². The predicted octanol–water partition coefficient (Wildman–Crippen LogP) is 13.2. The minimum atomic E-state index is -4.72. The summed E-state index contributed by atoms with van der Waals surface area (Å²) >= 11 is 0. The van der Waals surface area contributed by atoms with Crippen LogP contribution in [0.5, 0.6) is 0 Å². The molecular formula is C47H90NO10P. The first-order chi connectivity index (χ1) is 28.6. The Morgan fingerprint density at radius 3 is 1.29 bits per heavy atom. The molecule has 348 valence electrons. The highest BCUT2D eigenvalue weighted by Gasteiger charge is 2.28. The Morgan fingerprint density at radius 2 is 0.864 bits per heavy atom. The van der Waals surface area contributed by atoms with Gasteiger partial charge in [-0.2, -0.15) is 0 Å². The molecule has 0 aromatic rings. The number of ether oxygens (including phenoxy) is 2. The SMILES string of the molecule is CCCCCCCCCCCCCCCCCCCC/C=C/CCCC(=O)O[C@@H](COC(=O)CCCCCCCCCCCCCC)COP(=O)(O)OC[C@H](N)C(=O)O. The van der Waals surface area contributed by atoms with Crippen molar-refractivity contribution in [1.29, 1.82) is 0 Å². The van der Waals surface area contributed by atoms with Crippen molar-refractivity contribution in [2.75, 3.05) is 19.8 Å². The highest BCUT2D eigenvalue weighted by Crippen LogP contribution is 2.43. The zero-order chi connectivity index (χ0) is 43.5. The Hall–Kier alpha value is -1.78. The van der Waals surface area contributed by atoms with Gasteiger partial charge >= 0.3 is 25.7 Å². The molecule has 0 radical (unpaired) electrons. The third-order valence-electron chi connectivity index (χ3n) is 10.8. The first kappa shape index (κ1) is 57.2. The van der Waals surface area contributed by atoms with Crippen molar-refractivity contribution in [3.8, 4) is 0 Å². The lowest BCUT2D eigenvalue weighted by molar-refractivity contribution is -0.161. The van der Waals surface area contributed by atoms with E-state index in [-0.39, 0.29) is 19.4 Å². The number of carboxylic acids is 1. The fourth-order valence-corrected chi connectivity index (χ4v) is 7.73. The maximum absolute atomic E-state index is 12.6. The molecule has 0 spiro atoms. The van der Waals surface area contributed by atoms with Crippen LogP contribution >= 0.6 is 7.82 Å². The number of allylic oxidation sites excluding steroid dienone is 2. The van der Waals surface area contributed by atoms with Crippen LogP contribution in [0, 0.1) is 0 Å². The van der Waals surface area contributed by atoms with E-state index in [9.17, 15) is 23.8 Å². The number of carbonyl (C=O) groups is 3. The van der Waals surface area contributed by atoms with Crippen LogP contribution in [0.4, 0.5) is 0 Å². The second-order valence-electron chi connectivity index (χ2n) is 16.6. The van der Waals surface area contributed by atoms with Crippen molar-refractivity contribution < 1.29 is 47.5 Å². The van der Waals surface area contributed by atoms with E-state index in [2.05, 4.69) is 30.5 Å². The Kier molecular flexibility index (Phi) is 41.6. The van der Waals surface area contributed by atoms with Crippen molar-refractivity contribution in [1.82, 2.24) is 0 Å². The fraction of sp³-hybridized carbons (Fsp3) is 0.894. The number of phosphoric acid groups is 1. The van der Waals surface area contributed by atoms with Gasteiger partial charge in [0.15, 0.2) is 6.10 Å². The van der Waals surface area contributed by atoms with E-state index in [1.54, 1.807) is 0 Å². The second kappa shape index (κ2) is 42.9. The summed E-state index contributed by atoms with van der Waals surface area (Å²) in [6.07, 6.45) is 44.4. The summed E-state index contributed by atoms with van der Waals surface area (Å²) in [6.45, 7) is 2.81. The zero-order valence-corrected chi connectivity index (χ0v) is 38.8. The molecular weight excluding hydrogens is 769 g/mol. The van der Waals surface area contributed by atoms with Gasteiger partial charge in [-0.3, -0.25) is 23.4 Å². The highest BCUT2D eigenvalue weighted by atomic mass is 31.2. The first-order valence-corrected chi connectivity index (χ1v) is 25.7. The number of aliphatic carboxylic acids is 1. The monoisotopic (exact) mass is 860 g/mol. The highest BCUT2D eigenvalue weighted by molar-refractivity contribution is 7.47. The molecule has 3 atom stereocenters. The van der Waals surface area contributed by atoms with Crippen molar-refractivity contribution in [3.63, 3.8) is 0 Å². The largest absolute Gasteiger partial charge is 0.480 e. The molecule has 0 saturated heterocycles. The van der Waals surface area contributed by atoms with E-state index in [4.69, 9.17) is 24.8 Å². The summed E-state index contributed by atoms with van der Waals surface area (Å²) in [6, 6.07) is -1.52. The lowest BCUT2D eigenvalue weighted by atomic mass is 10.0. The average Bonchev–Trinajstić information content (AvgIpc) is 3.21. The van der Waals surface area contributed by atoms with Gasteiger partial charge in [-0.1, -0.05) is 206 Å². The van der Waals surface area contributed by atoms with Crippen molar-refractivity contribution in [3.05, 3.63) is 12.2 Å². The van der Waals surface area contributed by atoms with Gasteiger partial charge in [-0.15, -0.1) is 0 Å². The van der Waals surface area contributed by atoms with Gasteiger partial charge in [0.1, 0.15) is 12.6 Å². The zero-order valence-electron chi connectivity index (χ0n) is 37.9. The van der Waals surface area contributed by atoms with Gasteiger partial charge in [-0.25, -0.2) is 4.57 Å². The summed E-state index contributed by atoms with van der Waals surface area (Å²) in [4.78, 5) is 46.0. The van der Waals surface area contributed by atoms with Crippen LogP contribution in [0.1, 0.15) is 239 Å². The van der Waals surface area contributed by atoms with Gasteiger partial charge in [0.25, 0.3) is 0 Å². The Balaban J connectivity index is 4.22. The second-order valence-corrected chi connectivity index (χ2v) is 18.1. The molecule has 0 fully saturated rings.